The van der Waals surface area contributed by atoms with Gasteiger partial charge in [0.2, 0.25) is 10.0 Å². The number of hydrogen-bond acceptors (Lipinski definition) is 5. The van der Waals surface area contributed by atoms with E-state index in [1.54, 1.807) is 42.5 Å². The third kappa shape index (κ3) is 5.63. The molecule has 1 N–H and O–H groups in total. The molecule has 0 fully saturated rings. The van der Waals surface area contributed by atoms with Crippen LogP contribution in [0.25, 0.3) is 0 Å². The van der Waals surface area contributed by atoms with Gasteiger partial charge in [0.1, 0.15) is 11.6 Å². The average molecular weight is 439 g/mol. The lowest BCUT2D eigenvalue weighted by Gasteiger charge is -2.20. The first-order valence-electron chi connectivity index (χ1n) is 9.18. The lowest BCUT2D eigenvalue weighted by atomic mass is 10.2. The predicted octanol–water partition coefficient (Wildman–Crippen LogP) is 2.79. The zero-order chi connectivity index (χ0) is 20.9. The van der Waals surface area contributed by atoms with Gasteiger partial charge in [-0.2, -0.15) is 11.8 Å². The highest BCUT2D eigenvalue weighted by atomic mass is 32.2. The Morgan fingerprint density at radius 2 is 1.97 bits per heavy atom. The van der Waals surface area contributed by atoms with E-state index in [0.29, 0.717) is 35.1 Å². The molecule has 3 rings (SSSR count). The molecule has 1 aliphatic rings. The summed E-state index contributed by atoms with van der Waals surface area (Å²) >= 11 is 1.52. The van der Waals surface area contributed by atoms with E-state index < -0.39 is 16.1 Å². The molecular weight excluding hydrogens is 415 g/mol. The van der Waals surface area contributed by atoms with Gasteiger partial charge in [-0.3, -0.25) is 9.10 Å². The van der Waals surface area contributed by atoms with Crippen molar-refractivity contribution >= 4 is 33.4 Å². The lowest BCUT2D eigenvalue weighted by molar-refractivity contribution is -0.127. The van der Waals surface area contributed by atoms with E-state index in [2.05, 4.69) is 5.32 Å². The molecule has 156 valence electrons. The minimum absolute atomic E-state index is 0.163. The number of nitrogens with zero attached hydrogens (tertiary/aromatic N) is 1. The van der Waals surface area contributed by atoms with Crippen LogP contribution in [0.3, 0.4) is 0 Å². The third-order valence-corrected chi connectivity index (χ3v) is 6.64. The fourth-order valence-corrected chi connectivity index (χ4v) is 4.81. The third-order valence-electron chi connectivity index (χ3n) is 4.45. The topological polar surface area (TPSA) is 75.7 Å². The standard InChI is InChI=1S/C20H23FN2O4S2/c1-29(25,26)23-12-10-19(27-18-9-5-4-8-17(18)23)20(24)22-11-13-28-14-15-6-2-3-7-16(15)21/h2-9,19H,10-14H2,1H3,(H,22,24)/t19-/m1/s1. The maximum Gasteiger partial charge on any atom is 0.261 e. The highest BCUT2D eigenvalue weighted by Crippen LogP contribution is 2.33. The van der Waals surface area contributed by atoms with Crippen molar-refractivity contribution in [3.05, 3.63) is 59.9 Å². The first kappa shape index (κ1) is 21.4. The molecule has 29 heavy (non-hydrogen) atoms. The van der Waals surface area contributed by atoms with Gasteiger partial charge in [0.05, 0.1) is 11.9 Å². The SMILES string of the molecule is CS(=O)(=O)N1CC[C@H](C(=O)NCCSCc2ccccc2F)Oc2ccccc21. The number of anilines is 1. The number of sulfonamides is 1. The van der Waals surface area contributed by atoms with Crippen LogP contribution in [-0.2, 0) is 20.6 Å². The number of ether oxygens (including phenoxy) is 1. The van der Waals surface area contributed by atoms with E-state index in [1.165, 1.54) is 22.1 Å². The Morgan fingerprint density at radius 3 is 2.72 bits per heavy atom. The van der Waals surface area contributed by atoms with Crippen molar-refractivity contribution in [1.82, 2.24) is 5.32 Å². The normalized spacial score (nSPS) is 16.5. The maximum absolute atomic E-state index is 13.6. The van der Waals surface area contributed by atoms with Gasteiger partial charge < -0.3 is 10.1 Å². The van der Waals surface area contributed by atoms with Crippen molar-refractivity contribution in [2.75, 3.05) is 29.4 Å². The number of hydrogen-bond donors (Lipinski definition) is 1. The number of para-hydroxylation sites is 2. The molecule has 9 heteroatoms. The van der Waals surface area contributed by atoms with Crippen LogP contribution in [0.2, 0.25) is 0 Å². The summed E-state index contributed by atoms with van der Waals surface area (Å²) in [5.41, 5.74) is 1.07. The Balaban J connectivity index is 1.53. The van der Waals surface area contributed by atoms with Crippen LogP contribution in [0.4, 0.5) is 10.1 Å². The van der Waals surface area contributed by atoms with Gasteiger partial charge in [-0.15, -0.1) is 0 Å². The van der Waals surface area contributed by atoms with Crippen LogP contribution >= 0.6 is 11.8 Å². The molecule has 1 heterocycles. The van der Waals surface area contributed by atoms with Crippen molar-refractivity contribution in [2.24, 2.45) is 0 Å². The Hall–Kier alpha value is -2.26. The van der Waals surface area contributed by atoms with Gasteiger partial charge in [-0.05, 0) is 23.8 Å². The van der Waals surface area contributed by atoms with Gasteiger partial charge in [-0.25, -0.2) is 12.8 Å². The highest BCUT2D eigenvalue weighted by molar-refractivity contribution is 7.98. The number of fused-ring (bicyclic) bond motifs is 1. The average Bonchev–Trinajstić information content (AvgIpc) is 2.88. The van der Waals surface area contributed by atoms with Crippen LogP contribution in [0.5, 0.6) is 5.75 Å². The van der Waals surface area contributed by atoms with E-state index in [0.717, 1.165) is 6.26 Å². The second kappa shape index (κ2) is 9.49. The smallest absolute Gasteiger partial charge is 0.261 e. The monoisotopic (exact) mass is 438 g/mol. The lowest BCUT2D eigenvalue weighted by Crippen LogP contribution is -2.40. The molecule has 1 atom stereocenters. The summed E-state index contributed by atoms with van der Waals surface area (Å²) in [6.07, 6.45) is 0.604. The minimum Gasteiger partial charge on any atom is -0.478 e. The summed E-state index contributed by atoms with van der Waals surface area (Å²) in [6.45, 7) is 0.575. The van der Waals surface area contributed by atoms with Crippen LogP contribution in [0, 0.1) is 5.82 Å². The van der Waals surface area contributed by atoms with Crippen molar-refractivity contribution < 1.29 is 22.3 Å². The van der Waals surface area contributed by atoms with Crippen molar-refractivity contribution in [1.29, 1.82) is 0 Å². The predicted molar refractivity (Wildman–Crippen MR) is 113 cm³/mol. The molecule has 0 aromatic heterocycles. The zero-order valence-corrected chi connectivity index (χ0v) is 17.6. The Morgan fingerprint density at radius 1 is 1.24 bits per heavy atom. The molecule has 6 nitrogen and oxygen atoms in total. The largest absolute Gasteiger partial charge is 0.478 e. The van der Waals surface area contributed by atoms with E-state index in [1.807, 2.05) is 0 Å². The minimum atomic E-state index is -3.48. The summed E-state index contributed by atoms with van der Waals surface area (Å²) in [4.78, 5) is 12.5. The molecule has 0 saturated heterocycles. The maximum atomic E-state index is 13.6. The highest BCUT2D eigenvalue weighted by Gasteiger charge is 2.30. The summed E-state index contributed by atoms with van der Waals surface area (Å²) in [5, 5.41) is 2.82. The molecule has 0 unspecified atom stereocenters. The Labute approximate surface area is 174 Å². The van der Waals surface area contributed by atoms with Gasteiger partial charge in [0.15, 0.2) is 6.10 Å². The number of halogens is 1. The number of benzene rings is 2. The van der Waals surface area contributed by atoms with Gasteiger partial charge >= 0.3 is 0 Å². The number of rotatable bonds is 7. The number of amides is 1. The molecular formula is C20H23FN2O4S2. The van der Waals surface area contributed by atoms with E-state index >= 15 is 0 Å². The van der Waals surface area contributed by atoms with Gasteiger partial charge in [-0.1, -0.05) is 30.3 Å². The second-order valence-corrected chi connectivity index (χ2v) is 9.65. The Bertz CT molecular complexity index is 968. The summed E-state index contributed by atoms with van der Waals surface area (Å²) < 4.78 is 44.9. The number of carbonyl (C=O) groups is 1. The molecule has 0 radical (unpaired) electrons. The molecule has 0 saturated carbocycles. The van der Waals surface area contributed by atoms with E-state index in [4.69, 9.17) is 4.74 Å². The summed E-state index contributed by atoms with van der Waals surface area (Å²) in [6, 6.07) is 13.4. The molecule has 2 aromatic carbocycles. The number of carbonyl (C=O) groups excluding carboxylic acids is 1. The molecule has 1 amide bonds. The quantitative estimate of drug-likeness (QED) is 0.673. The molecule has 0 aliphatic carbocycles. The molecule has 0 bridgehead atoms. The number of nitrogens with one attached hydrogen (secondary N) is 1. The van der Waals surface area contributed by atoms with Crippen LogP contribution in [0.1, 0.15) is 12.0 Å². The van der Waals surface area contributed by atoms with E-state index in [9.17, 15) is 17.6 Å². The van der Waals surface area contributed by atoms with Crippen LogP contribution in [-0.4, -0.2) is 45.5 Å². The summed E-state index contributed by atoms with van der Waals surface area (Å²) in [5.74, 6) is 0.994. The van der Waals surface area contributed by atoms with Crippen molar-refractivity contribution in [2.45, 2.75) is 18.3 Å². The first-order chi connectivity index (χ1) is 13.9. The van der Waals surface area contributed by atoms with Gasteiger partial charge in [0.25, 0.3) is 5.91 Å². The van der Waals surface area contributed by atoms with Crippen molar-refractivity contribution in [3.8, 4) is 5.75 Å². The number of thioether (sulfide) groups is 1. The van der Waals surface area contributed by atoms with Gasteiger partial charge in [0, 0.05) is 31.0 Å². The second-order valence-electron chi connectivity index (χ2n) is 6.63. The molecule has 0 spiro atoms. The van der Waals surface area contributed by atoms with Crippen molar-refractivity contribution in [3.63, 3.8) is 0 Å². The molecule has 2 aromatic rings. The summed E-state index contributed by atoms with van der Waals surface area (Å²) in [7, 11) is -3.48. The molecule has 1 aliphatic heterocycles. The van der Waals surface area contributed by atoms with Crippen LogP contribution < -0.4 is 14.4 Å². The zero-order valence-electron chi connectivity index (χ0n) is 16.0. The Kier molecular flexibility index (Phi) is 7.02. The van der Waals surface area contributed by atoms with Crippen LogP contribution in [0.15, 0.2) is 48.5 Å². The first-order valence-corrected chi connectivity index (χ1v) is 12.2. The fourth-order valence-electron chi connectivity index (χ4n) is 3.02. The fraction of sp³-hybridized carbons (Fsp3) is 0.350. The van der Waals surface area contributed by atoms with E-state index in [-0.39, 0.29) is 24.7 Å².